The van der Waals surface area contributed by atoms with Crippen LogP contribution >= 0.6 is 0 Å². The summed E-state index contributed by atoms with van der Waals surface area (Å²) < 4.78 is 11.3. The number of nitrogens with zero attached hydrogens (tertiary/aromatic N) is 2. The van der Waals surface area contributed by atoms with Crippen molar-refractivity contribution in [2.24, 2.45) is 0 Å². The van der Waals surface area contributed by atoms with Gasteiger partial charge in [0.2, 0.25) is 5.69 Å². The van der Waals surface area contributed by atoms with Crippen LogP contribution in [0.15, 0.2) is 91.1 Å². The Morgan fingerprint density at radius 1 is 0.806 bits per heavy atom. The molecule has 0 atom stereocenters. The fourth-order valence-electron chi connectivity index (χ4n) is 5.32. The Hall–Kier alpha value is -3.59. The zero-order valence-electron chi connectivity index (χ0n) is 21.8. The SMILES string of the molecule is CCC(CC)Oc1ccc2c3cc[n+](Cc4ccccc4)c(C)c3n(CCCc3ccccc3)c2c1. The fraction of sp³-hybridized carbons (Fsp3) is 0.303. The highest BCUT2D eigenvalue weighted by molar-refractivity contribution is 6.08. The quantitative estimate of drug-likeness (QED) is 0.189. The van der Waals surface area contributed by atoms with Crippen LogP contribution in [0.3, 0.4) is 0 Å². The molecule has 3 heteroatoms. The molecule has 3 nitrogen and oxygen atoms in total. The maximum absolute atomic E-state index is 6.36. The van der Waals surface area contributed by atoms with Crippen molar-refractivity contribution in [1.29, 1.82) is 0 Å². The second kappa shape index (κ2) is 11.0. The van der Waals surface area contributed by atoms with E-state index in [2.05, 4.69) is 121 Å². The van der Waals surface area contributed by atoms with Crippen molar-refractivity contribution in [2.75, 3.05) is 0 Å². The summed E-state index contributed by atoms with van der Waals surface area (Å²) in [4.78, 5) is 0. The summed E-state index contributed by atoms with van der Waals surface area (Å²) in [7, 11) is 0. The molecule has 0 spiro atoms. The molecule has 184 valence electrons. The number of rotatable bonds is 10. The van der Waals surface area contributed by atoms with Gasteiger partial charge in [0, 0.05) is 41.9 Å². The van der Waals surface area contributed by atoms with Crippen molar-refractivity contribution in [3.63, 3.8) is 0 Å². The zero-order valence-corrected chi connectivity index (χ0v) is 21.8. The molecule has 0 unspecified atom stereocenters. The van der Waals surface area contributed by atoms with Crippen LogP contribution in [0.4, 0.5) is 0 Å². The summed E-state index contributed by atoms with van der Waals surface area (Å²) in [6.07, 6.45) is 6.70. The van der Waals surface area contributed by atoms with Crippen molar-refractivity contribution in [3.05, 3.63) is 108 Å². The van der Waals surface area contributed by atoms with Gasteiger partial charge in [-0.3, -0.25) is 0 Å². The monoisotopic (exact) mass is 477 g/mol. The third-order valence-electron chi connectivity index (χ3n) is 7.37. The molecule has 5 rings (SSSR count). The first kappa shape index (κ1) is 24.1. The van der Waals surface area contributed by atoms with Crippen molar-refractivity contribution in [1.82, 2.24) is 4.57 Å². The Balaban J connectivity index is 1.57. The normalized spacial score (nSPS) is 11.6. The standard InChI is InChI=1S/C33H37N2O/c1-4-28(5-2)36-29-18-19-30-31-20-22-34(24-27-15-10-7-11-16-27)25(3)33(31)35(32(30)23-29)21-12-17-26-13-8-6-9-14-26/h6-11,13-16,18-20,22-23,28H,4-5,12,17,21,24H2,1-3H3/q+1. The molecule has 0 amide bonds. The van der Waals surface area contributed by atoms with Gasteiger partial charge in [-0.2, -0.15) is 4.57 Å². The minimum absolute atomic E-state index is 0.258. The van der Waals surface area contributed by atoms with E-state index in [1.54, 1.807) is 0 Å². The average Bonchev–Trinajstić information content (AvgIpc) is 3.23. The summed E-state index contributed by atoms with van der Waals surface area (Å²) in [5.41, 5.74) is 6.61. The maximum atomic E-state index is 6.36. The van der Waals surface area contributed by atoms with E-state index in [4.69, 9.17) is 4.74 Å². The molecule has 0 saturated heterocycles. The van der Waals surface area contributed by atoms with Gasteiger partial charge >= 0.3 is 0 Å². The van der Waals surface area contributed by atoms with Crippen molar-refractivity contribution in [3.8, 4) is 5.75 Å². The molecule has 0 aliphatic heterocycles. The molecule has 0 saturated carbocycles. The van der Waals surface area contributed by atoms with Gasteiger partial charge in [0.25, 0.3) is 0 Å². The van der Waals surface area contributed by atoms with Crippen LogP contribution in [0, 0.1) is 6.92 Å². The van der Waals surface area contributed by atoms with Gasteiger partial charge in [0.15, 0.2) is 12.7 Å². The summed E-state index contributed by atoms with van der Waals surface area (Å²) in [5, 5.41) is 2.62. The molecule has 0 N–H and O–H groups in total. The van der Waals surface area contributed by atoms with Crippen LogP contribution in [0.5, 0.6) is 5.75 Å². The Morgan fingerprint density at radius 2 is 1.50 bits per heavy atom. The lowest BCUT2D eigenvalue weighted by Gasteiger charge is -2.16. The lowest BCUT2D eigenvalue weighted by Crippen LogP contribution is -2.37. The van der Waals surface area contributed by atoms with Gasteiger partial charge in [-0.25, -0.2) is 0 Å². The number of hydrogen-bond donors (Lipinski definition) is 0. The predicted octanol–water partition coefficient (Wildman–Crippen LogP) is 7.64. The fourth-order valence-corrected chi connectivity index (χ4v) is 5.32. The Morgan fingerprint density at radius 3 is 2.19 bits per heavy atom. The third-order valence-corrected chi connectivity index (χ3v) is 7.37. The van der Waals surface area contributed by atoms with Crippen LogP contribution in [-0.2, 0) is 19.5 Å². The number of ether oxygens (including phenoxy) is 1. The molecule has 36 heavy (non-hydrogen) atoms. The van der Waals surface area contributed by atoms with Crippen LogP contribution in [0.1, 0.15) is 49.9 Å². The lowest BCUT2D eigenvalue weighted by atomic mass is 10.1. The second-order valence-electron chi connectivity index (χ2n) is 9.75. The van der Waals surface area contributed by atoms with Crippen molar-refractivity contribution < 1.29 is 9.30 Å². The zero-order chi connectivity index (χ0) is 24.9. The molecule has 0 aliphatic carbocycles. The minimum atomic E-state index is 0.258. The van der Waals surface area contributed by atoms with E-state index in [0.29, 0.717) is 0 Å². The first-order chi connectivity index (χ1) is 17.7. The molecule has 2 heterocycles. The van der Waals surface area contributed by atoms with Crippen LogP contribution < -0.4 is 9.30 Å². The number of benzene rings is 3. The van der Waals surface area contributed by atoms with Gasteiger partial charge in [-0.15, -0.1) is 0 Å². The molecule has 2 aromatic heterocycles. The number of hydrogen-bond acceptors (Lipinski definition) is 1. The first-order valence-corrected chi connectivity index (χ1v) is 13.4. The van der Waals surface area contributed by atoms with E-state index >= 15 is 0 Å². The molecular weight excluding hydrogens is 440 g/mol. The molecule has 0 bridgehead atoms. The number of pyridine rings is 1. The molecule has 0 radical (unpaired) electrons. The van der Waals surface area contributed by atoms with Crippen molar-refractivity contribution in [2.45, 2.75) is 65.6 Å². The summed E-state index contributed by atoms with van der Waals surface area (Å²) in [5.74, 6) is 0.970. The van der Waals surface area contributed by atoms with E-state index in [1.807, 2.05) is 0 Å². The molecule has 3 aromatic carbocycles. The maximum Gasteiger partial charge on any atom is 0.203 e. The summed E-state index contributed by atoms with van der Waals surface area (Å²) in [6.45, 7) is 8.50. The van der Waals surface area contributed by atoms with E-state index < -0.39 is 0 Å². The van der Waals surface area contributed by atoms with E-state index in [1.165, 1.54) is 38.6 Å². The van der Waals surface area contributed by atoms with E-state index in [-0.39, 0.29) is 6.10 Å². The highest BCUT2D eigenvalue weighted by Crippen LogP contribution is 2.33. The lowest BCUT2D eigenvalue weighted by molar-refractivity contribution is -0.693. The molecule has 5 aromatic rings. The molecular formula is C33H37N2O+. The number of aromatic nitrogens is 2. The van der Waals surface area contributed by atoms with Gasteiger partial charge in [0.1, 0.15) is 11.3 Å². The average molecular weight is 478 g/mol. The van der Waals surface area contributed by atoms with Gasteiger partial charge in [0.05, 0.1) is 11.6 Å². The Labute approximate surface area is 215 Å². The van der Waals surface area contributed by atoms with E-state index in [0.717, 1.165) is 44.5 Å². The van der Waals surface area contributed by atoms with Crippen molar-refractivity contribution >= 4 is 21.8 Å². The molecule has 0 aliphatic rings. The highest BCUT2D eigenvalue weighted by Gasteiger charge is 2.20. The van der Waals surface area contributed by atoms with E-state index in [9.17, 15) is 0 Å². The summed E-state index contributed by atoms with van der Waals surface area (Å²) in [6, 6.07) is 30.5. The second-order valence-corrected chi connectivity index (χ2v) is 9.75. The highest BCUT2D eigenvalue weighted by atomic mass is 16.5. The van der Waals surface area contributed by atoms with Crippen LogP contribution in [0.2, 0.25) is 0 Å². The van der Waals surface area contributed by atoms with Crippen LogP contribution in [-0.4, -0.2) is 10.7 Å². The topological polar surface area (TPSA) is 18.0 Å². The van der Waals surface area contributed by atoms with Crippen LogP contribution in [0.25, 0.3) is 21.8 Å². The number of aryl methyl sites for hydroxylation is 3. The van der Waals surface area contributed by atoms with Gasteiger partial charge < -0.3 is 9.30 Å². The Bertz CT molecular complexity index is 1430. The number of fused-ring (bicyclic) bond motifs is 3. The van der Waals surface area contributed by atoms with Gasteiger partial charge in [-0.05, 0) is 43.4 Å². The smallest absolute Gasteiger partial charge is 0.203 e. The first-order valence-electron chi connectivity index (χ1n) is 13.4. The predicted molar refractivity (Wildman–Crippen MR) is 150 cm³/mol. The molecule has 0 fully saturated rings. The Kier molecular flexibility index (Phi) is 7.36. The minimum Gasteiger partial charge on any atom is -0.490 e. The largest absolute Gasteiger partial charge is 0.490 e. The van der Waals surface area contributed by atoms with Gasteiger partial charge in [-0.1, -0.05) is 74.5 Å². The summed E-state index contributed by atoms with van der Waals surface area (Å²) >= 11 is 0. The third kappa shape index (κ3) is 5.02.